The number of hydrogen-bond donors (Lipinski definition) is 3. The first-order chi connectivity index (χ1) is 8.99. The van der Waals surface area contributed by atoms with Gasteiger partial charge in [0.25, 0.3) is 0 Å². The summed E-state index contributed by atoms with van der Waals surface area (Å²) in [6.45, 7) is 2.37. The fourth-order valence-electron chi connectivity index (χ4n) is 1.94. The lowest BCUT2D eigenvalue weighted by Gasteiger charge is -2.11. The van der Waals surface area contributed by atoms with Crippen LogP contribution in [-0.4, -0.2) is 18.4 Å². The molecular weight excluding hydrogens is 266 g/mol. The van der Waals surface area contributed by atoms with Gasteiger partial charge in [-0.15, -0.1) is 0 Å². The van der Waals surface area contributed by atoms with Crippen molar-refractivity contribution in [3.8, 4) is 0 Å². The molecule has 102 valence electrons. The number of hydrogen-bond acceptors (Lipinski definition) is 3. The number of fused-ring (bicyclic) bond motifs is 1. The summed E-state index contributed by atoms with van der Waals surface area (Å²) < 4.78 is 0. The number of anilines is 2. The first-order valence-electron chi connectivity index (χ1n) is 6.11. The second-order valence-corrected chi connectivity index (χ2v) is 5.21. The molecule has 4 N–H and O–H groups in total. The van der Waals surface area contributed by atoms with Crippen molar-refractivity contribution in [2.24, 2.45) is 11.7 Å². The van der Waals surface area contributed by atoms with Crippen molar-refractivity contribution in [3.63, 3.8) is 0 Å². The molecule has 1 atom stereocenters. The van der Waals surface area contributed by atoms with E-state index in [0.717, 1.165) is 5.56 Å². The lowest BCUT2D eigenvalue weighted by atomic mass is 10.1. The first-order valence-corrected chi connectivity index (χ1v) is 6.49. The van der Waals surface area contributed by atoms with Crippen molar-refractivity contribution < 1.29 is 9.59 Å². The standard InChI is InChI=1S/C13H16ClN3O2/c1-7(6-15)2-12(18)17-11-3-8-4-13(19)16-10(8)5-9(11)14/h3,5,7H,2,4,6,15H2,1H3,(H,16,19)(H,17,18). The third-order valence-electron chi connectivity index (χ3n) is 3.03. The highest BCUT2D eigenvalue weighted by Crippen LogP contribution is 2.32. The van der Waals surface area contributed by atoms with Crippen LogP contribution in [0, 0.1) is 5.92 Å². The molecule has 0 saturated heterocycles. The third-order valence-corrected chi connectivity index (χ3v) is 3.34. The number of carbonyl (C=O) groups excluding carboxylic acids is 2. The molecule has 6 heteroatoms. The number of benzene rings is 1. The van der Waals surface area contributed by atoms with E-state index in [-0.39, 0.29) is 17.7 Å². The van der Waals surface area contributed by atoms with E-state index in [1.165, 1.54) is 0 Å². The highest BCUT2D eigenvalue weighted by atomic mass is 35.5. The van der Waals surface area contributed by atoms with Crippen molar-refractivity contribution in [2.75, 3.05) is 17.2 Å². The van der Waals surface area contributed by atoms with Crippen molar-refractivity contribution >= 4 is 34.8 Å². The fraction of sp³-hybridized carbons (Fsp3) is 0.385. The molecule has 5 nitrogen and oxygen atoms in total. The summed E-state index contributed by atoms with van der Waals surface area (Å²) in [5.74, 6) is -0.0696. The maximum atomic E-state index is 11.8. The van der Waals surface area contributed by atoms with Gasteiger partial charge >= 0.3 is 0 Å². The number of nitrogens with two attached hydrogens (primary N) is 1. The number of carbonyl (C=O) groups is 2. The van der Waals surface area contributed by atoms with Gasteiger partial charge in [0.1, 0.15) is 0 Å². The monoisotopic (exact) mass is 281 g/mol. The SMILES string of the molecule is CC(CN)CC(=O)Nc1cc2c(cc1Cl)NC(=O)C2. The summed E-state index contributed by atoms with van der Waals surface area (Å²) in [4.78, 5) is 23.1. The van der Waals surface area contributed by atoms with E-state index >= 15 is 0 Å². The summed E-state index contributed by atoms with van der Waals surface area (Å²) in [5.41, 5.74) is 7.57. The van der Waals surface area contributed by atoms with Gasteiger partial charge in [-0.3, -0.25) is 9.59 Å². The number of halogens is 1. The third kappa shape index (κ3) is 3.24. The van der Waals surface area contributed by atoms with Gasteiger partial charge in [0.15, 0.2) is 0 Å². The van der Waals surface area contributed by atoms with E-state index in [9.17, 15) is 9.59 Å². The molecule has 1 aliphatic rings. The summed E-state index contributed by atoms with van der Waals surface area (Å²) in [7, 11) is 0. The van der Waals surface area contributed by atoms with Crippen LogP contribution >= 0.6 is 11.6 Å². The first kappa shape index (κ1) is 13.8. The van der Waals surface area contributed by atoms with Crippen LogP contribution in [0.4, 0.5) is 11.4 Å². The Balaban J connectivity index is 2.11. The van der Waals surface area contributed by atoms with E-state index in [4.69, 9.17) is 17.3 Å². The molecule has 0 aliphatic carbocycles. The molecule has 1 unspecified atom stereocenters. The largest absolute Gasteiger partial charge is 0.330 e. The van der Waals surface area contributed by atoms with Gasteiger partial charge in [-0.2, -0.15) is 0 Å². The topological polar surface area (TPSA) is 84.2 Å². The van der Waals surface area contributed by atoms with E-state index in [1.54, 1.807) is 12.1 Å². The van der Waals surface area contributed by atoms with Gasteiger partial charge in [0, 0.05) is 12.1 Å². The zero-order valence-electron chi connectivity index (χ0n) is 10.6. The van der Waals surface area contributed by atoms with Gasteiger partial charge in [0.2, 0.25) is 11.8 Å². The van der Waals surface area contributed by atoms with Gasteiger partial charge in [-0.25, -0.2) is 0 Å². The maximum Gasteiger partial charge on any atom is 0.228 e. The molecule has 0 aromatic heterocycles. The number of nitrogens with one attached hydrogen (secondary N) is 2. The second-order valence-electron chi connectivity index (χ2n) is 4.81. The predicted molar refractivity (Wildman–Crippen MR) is 75.3 cm³/mol. The van der Waals surface area contributed by atoms with Gasteiger partial charge in [0.05, 0.1) is 17.1 Å². The van der Waals surface area contributed by atoms with Gasteiger partial charge in [-0.1, -0.05) is 18.5 Å². The molecule has 19 heavy (non-hydrogen) atoms. The molecule has 1 aliphatic heterocycles. The van der Waals surface area contributed by atoms with Crippen LogP contribution in [0.2, 0.25) is 5.02 Å². The summed E-state index contributed by atoms with van der Waals surface area (Å²) in [5, 5.41) is 5.87. The Bertz CT molecular complexity index is 531. The van der Waals surface area contributed by atoms with Gasteiger partial charge in [-0.05, 0) is 30.2 Å². The Kier molecular flexibility index (Phi) is 4.07. The van der Waals surface area contributed by atoms with Crippen LogP contribution in [0.5, 0.6) is 0 Å². The average Bonchev–Trinajstić information content (AvgIpc) is 2.68. The van der Waals surface area contributed by atoms with Crippen LogP contribution in [-0.2, 0) is 16.0 Å². The predicted octanol–water partition coefficient (Wildman–Crippen LogP) is 1.76. The van der Waals surface area contributed by atoms with Crippen molar-refractivity contribution in [3.05, 3.63) is 22.7 Å². The number of amides is 2. The maximum absolute atomic E-state index is 11.8. The van der Waals surface area contributed by atoms with Crippen LogP contribution in [0.3, 0.4) is 0 Å². The zero-order chi connectivity index (χ0) is 14.0. The zero-order valence-corrected chi connectivity index (χ0v) is 11.4. The van der Waals surface area contributed by atoms with Crippen LogP contribution in [0.1, 0.15) is 18.9 Å². The van der Waals surface area contributed by atoms with Crippen LogP contribution < -0.4 is 16.4 Å². The highest BCUT2D eigenvalue weighted by molar-refractivity contribution is 6.34. The fourth-order valence-corrected chi connectivity index (χ4v) is 2.16. The van der Waals surface area contributed by atoms with E-state index in [2.05, 4.69) is 10.6 Å². The average molecular weight is 282 g/mol. The normalized spacial score (nSPS) is 14.8. The van der Waals surface area contributed by atoms with Crippen molar-refractivity contribution in [1.82, 2.24) is 0 Å². The molecule has 1 heterocycles. The Morgan fingerprint density at radius 3 is 3.00 bits per heavy atom. The molecule has 2 amide bonds. The van der Waals surface area contributed by atoms with E-state index in [1.807, 2.05) is 6.92 Å². The lowest BCUT2D eigenvalue weighted by Crippen LogP contribution is -2.20. The van der Waals surface area contributed by atoms with Crippen LogP contribution in [0.15, 0.2) is 12.1 Å². The Morgan fingerprint density at radius 1 is 1.58 bits per heavy atom. The molecule has 0 bridgehead atoms. The smallest absolute Gasteiger partial charge is 0.228 e. The summed E-state index contributed by atoms with van der Waals surface area (Å²) in [6, 6.07) is 3.39. The van der Waals surface area contributed by atoms with Crippen LogP contribution in [0.25, 0.3) is 0 Å². The molecule has 1 aromatic rings. The molecular formula is C13H16ClN3O2. The minimum Gasteiger partial charge on any atom is -0.330 e. The number of rotatable bonds is 4. The van der Waals surface area contributed by atoms with E-state index in [0.29, 0.717) is 35.8 Å². The Hall–Kier alpha value is -1.59. The molecule has 0 radical (unpaired) electrons. The summed E-state index contributed by atoms with van der Waals surface area (Å²) >= 11 is 6.08. The Morgan fingerprint density at radius 2 is 2.32 bits per heavy atom. The molecule has 0 saturated carbocycles. The van der Waals surface area contributed by atoms with Crippen molar-refractivity contribution in [2.45, 2.75) is 19.8 Å². The Labute approximate surface area is 116 Å². The molecule has 2 rings (SSSR count). The van der Waals surface area contributed by atoms with Crippen molar-refractivity contribution in [1.29, 1.82) is 0 Å². The molecule has 0 fully saturated rings. The summed E-state index contributed by atoms with van der Waals surface area (Å²) in [6.07, 6.45) is 0.662. The minimum atomic E-state index is -0.128. The lowest BCUT2D eigenvalue weighted by molar-refractivity contribution is -0.117. The quantitative estimate of drug-likeness (QED) is 0.786. The second kappa shape index (κ2) is 5.59. The van der Waals surface area contributed by atoms with Gasteiger partial charge < -0.3 is 16.4 Å². The molecule has 1 aromatic carbocycles. The van der Waals surface area contributed by atoms with E-state index < -0.39 is 0 Å². The highest BCUT2D eigenvalue weighted by Gasteiger charge is 2.20. The molecule has 0 spiro atoms. The minimum absolute atomic E-state index is 0.0636.